The molecular weight excluding hydrogens is 280 g/mol. The van der Waals surface area contributed by atoms with Crippen molar-refractivity contribution in [3.05, 3.63) is 48.3 Å². The number of aromatic nitrogens is 2. The van der Waals surface area contributed by atoms with Gasteiger partial charge in [0, 0.05) is 44.6 Å². The van der Waals surface area contributed by atoms with E-state index in [2.05, 4.69) is 10.4 Å². The Balaban J connectivity index is 1.52. The van der Waals surface area contributed by atoms with Crippen LogP contribution in [0.3, 0.4) is 0 Å². The van der Waals surface area contributed by atoms with Crippen molar-refractivity contribution >= 4 is 6.03 Å². The molecule has 1 atom stereocenters. The van der Waals surface area contributed by atoms with Crippen molar-refractivity contribution in [2.24, 2.45) is 5.92 Å². The summed E-state index contributed by atoms with van der Waals surface area (Å²) in [6.45, 7) is 2.01. The van der Waals surface area contributed by atoms with Gasteiger partial charge >= 0.3 is 6.03 Å². The molecule has 6 nitrogen and oxygen atoms in total. The van der Waals surface area contributed by atoms with E-state index in [0.29, 0.717) is 13.1 Å². The summed E-state index contributed by atoms with van der Waals surface area (Å²) >= 11 is 0. The van der Waals surface area contributed by atoms with Gasteiger partial charge in [0.1, 0.15) is 0 Å². The number of rotatable bonds is 4. The number of carbonyl (C=O) groups is 1. The molecule has 0 bridgehead atoms. The topological polar surface area (TPSA) is 70.4 Å². The lowest BCUT2D eigenvalue weighted by atomic mass is 10.1. The highest BCUT2D eigenvalue weighted by molar-refractivity contribution is 5.74. The van der Waals surface area contributed by atoms with Crippen LogP contribution in [0.5, 0.6) is 0 Å². The van der Waals surface area contributed by atoms with Gasteiger partial charge in [0.15, 0.2) is 0 Å². The third kappa shape index (κ3) is 3.28. The Morgan fingerprint density at radius 3 is 2.82 bits per heavy atom. The van der Waals surface area contributed by atoms with Gasteiger partial charge in [-0.3, -0.25) is 0 Å². The molecule has 0 spiro atoms. The molecule has 1 saturated heterocycles. The molecule has 2 amide bonds. The fourth-order valence-electron chi connectivity index (χ4n) is 2.64. The Kier molecular flexibility index (Phi) is 4.39. The van der Waals surface area contributed by atoms with Crippen LogP contribution in [0.2, 0.25) is 0 Å². The first kappa shape index (κ1) is 14.6. The smallest absolute Gasteiger partial charge is 0.317 e. The van der Waals surface area contributed by atoms with Crippen LogP contribution in [0.4, 0.5) is 4.79 Å². The van der Waals surface area contributed by atoms with E-state index >= 15 is 0 Å². The van der Waals surface area contributed by atoms with Gasteiger partial charge in [-0.1, -0.05) is 12.1 Å². The van der Waals surface area contributed by atoms with E-state index < -0.39 is 0 Å². The van der Waals surface area contributed by atoms with E-state index in [9.17, 15) is 4.79 Å². The van der Waals surface area contributed by atoms with Crippen LogP contribution >= 0.6 is 0 Å². The van der Waals surface area contributed by atoms with E-state index in [1.807, 2.05) is 36.5 Å². The molecule has 1 fully saturated rings. The zero-order chi connectivity index (χ0) is 15.4. The summed E-state index contributed by atoms with van der Waals surface area (Å²) in [4.78, 5) is 13.8. The number of aliphatic hydroxyl groups is 1. The zero-order valence-corrected chi connectivity index (χ0v) is 12.4. The lowest BCUT2D eigenvalue weighted by Crippen LogP contribution is -2.38. The first-order valence-electron chi connectivity index (χ1n) is 7.49. The Hall–Kier alpha value is -2.34. The monoisotopic (exact) mass is 300 g/mol. The average Bonchev–Trinajstić information content (AvgIpc) is 3.24. The summed E-state index contributed by atoms with van der Waals surface area (Å²) in [6.07, 6.45) is 4.51. The summed E-state index contributed by atoms with van der Waals surface area (Å²) in [5, 5.41) is 16.2. The number of likely N-dealkylation sites (tertiary alicyclic amines) is 1. The van der Waals surface area contributed by atoms with Gasteiger partial charge < -0.3 is 15.3 Å². The molecule has 2 N–H and O–H groups in total. The number of nitrogens with zero attached hydrogens (tertiary/aromatic N) is 3. The molecule has 0 aliphatic carbocycles. The molecule has 2 aromatic rings. The fraction of sp³-hybridized carbons (Fsp3) is 0.375. The highest BCUT2D eigenvalue weighted by Gasteiger charge is 2.25. The Morgan fingerprint density at radius 2 is 2.18 bits per heavy atom. The molecule has 3 rings (SSSR count). The molecular formula is C16H20N4O2. The summed E-state index contributed by atoms with van der Waals surface area (Å²) in [5.41, 5.74) is 2.03. The number of hydrogen-bond acceptors (Lipinski definition) is 3. The van der Waals surface area contributed by atoms with Crippen LogP contribution in [0.1, 0.15) is 12.0 Å². The first-order chi connectivity index (χ1) is 10.8. The molecule has 1 aliphatic heterocycles. The standard InChI is InChI=1S/C16H20N4O2/c21-12-14-6-9-19(11-14)16(22)17-10-13-2-4-15(5-3-13)20-8-1-7-18-20/h1-5,7-8,14,21H,6,9-12H2,(H,17,22). The molecule has 1 aromatic heterocycles. The fourth-order valence-corrected chi connectivity index (χ4v) is 2.64. The quantitative estimate of drug-likeness (QED) is 0.896. The first-order valence-corrected chi connectivity index (χ1v) is 7.49. The maximum Gasteiger partial charge on any atom is 0.317 e. The van der Waals surface area contributed by atoms with Crippen molar-refractivity contribution in [3.63, 3.8) is 0 Å². The van der Waals surface area contributed by atoms with Gasteiger partial charge in [0.05, 0.1) is 5.69 Å². The minimum atomic E-state index is -0.0629. The molecule has 6 heteroatoms. The SMILES string of the molecule is O=C(NCc1ccc(-n2cccn2)cc1)N1CCC(CO)C1. The van der Waals surface area contributed by atoms with Crippen molar-refractivity contribution in [1.82, 2.24) is 20.0 Å². The second kappa shape index (κ2) is 6.62. The Bertz CT molecular complexity index is 610. The second-order valence-electron chi connectivity index (χ2n) is 5.56. The number of benzene rings is 1. The highest BCUT2D eigenvalue weighted by atomic mass is 16.3. The van der Waals surface area contributed by atoms with E-state index in [0.717, 1.165) is 24.2 Å². The number of urea groups is 1. The van der Waals surface area contributed by atoms with E-state index in [1.54, 1.807) is 15.8 Å². The lowest BCUT2D eigenvalue weighted by Gasteiger charge is -2.17. The summed E-state index contributed by atoms with van der Waals surface area (Å²) in [6, 6.07) is 9.74. The van der Waals surface area contributed by atoms with Crippen LogP contribution in [-0.2, 0) is 6.54 Å². The van der Waals surface area contributed by atoms with Gasteiger partial charge in [-0.25, -0.2) is 9.48 Å². The minimum Gasteiger partial charge on any atom is -0.396 e. The molecule has 22 heavy (non-hydrogen) atoms. The summed E-state index contributed by atoms with van der Waals surface area (Å²) < 4.78 is 1.79. The largest absolute Gasteiger partial charge is 0.396 e. The predicted octanol–water partition coefficient (Wildman–Crippen LogP) is 1.40. The zero-order valence-electron chi connectivity index (χ0n) is 12.4. The number of hydrogen-bond donors (Lipinski definition) is 2. The molecule has 0 saturated carbocycles. The molecule has 1 aliphatic rings. The van der Waals surface area contributed by atoms with Crippen LogP contribution in [0.15, 0.2) is 42.7 Å². The molecule has 116 valence electrons. The average molecular weight is 300 g/mol. The van der Waals surface area contributed by atoms with Crippen molar-refractivity contribution in [2.45, 2.75) is 13.0 Å². The summed E-state index contributed by atoms with van der Waals surface area (Å²) in [7, 11) is 0. The van der Waals surface area contributed by atoms with Gasteiger partial charge in [-0.05, 0) is 30.2 Å². The Morgan fingerprint density at radius 1 is 1.36 bits per heavy atom. The highest BCUT2D eigenvalue weighted by Crippen LogP contribution is 2.15. The van der Waals surface area contributed by atoms with E-state index in [-0.39, 0.29) is 18.6 Å². The Labute approximate surface area is 129 Å². The maximum absolute atomic E-state index is 12.1. The molecule has 1 unspecified atom stereocenters. The summed E-state index contributed by atoms with van der Waals surface area (Å²) in [5.74, 6) is 0.221. The van der Waals surface area contributed by atoms with Crippen LogP contribution in [0, 0.1) is 5.92 Å². The minimum absolute atomic E-state index is 0.0629. The van der Waals surface area contributed by atoms with E-state index in [4.69, 9.17) is 5.11 Å². The van der Waals surface area contributed by atoms with Gasteiger partial charge in [-0.2, -0.15) is 5.10 Å². The molecule has 1 aromatic carbocycles. The molecule has 0 radical (unpaired) electrons. The van der Waals surface area contributed by atoms with Gasteiger partial charge in [0.25, 0.3) is 0 Å². The van der Waals surface area contributed by atoms with Gasteiger partial charge in [0.2, 0.25) is 0 Å². The number of nitrogens with one attached hydrogen (secondary N) is 1. The maximum atomic E-state index is 12.1. The molecule has 2 heterocycles. The normalized spacial score (nSPS) is 17.7. The number of carbonyl (C=O) groups excluding carboxylic acids is 1. The third-order valence-electron chi connectivity index (χ3n) is 3.98. The lowest BCUT2D eigenvalue weighted by molar-refractivity contribution is 0.198. The predicted molar refractivity (Wildman–Crippen MR) is 82.6 cm³/mol. The van der Waals surface area contributed by atoms with Crippen LogP contribution in [-0.4, -0.2) is 45.5 Å². The van der Waals surface area contributed by atoms with Gasteiger partial charge in [-0.15, -0.1) is 0 Å². The second-order valence-corrected chi connectivity index (χ2v) is 5.56. The van der Waals surface area contributed by atoms with E-state index in [1.165, 1.54) is 0 Å². The van der Waals surface area contributed by atoms with Crippen molar-refractivity contribution in [3.8, 4) is 5.69 Å². The number of amides is 2. The number of aliphatic hydroxyl groups excluding tert-OH is 1. The van der Waals surface area contributed by atoms with Crippen molar-refractivity contribution < 1.29 is 9.90 Å². The van der Waals surface area contributed by atoms with Crippen molar-refractivity contribution in [2.75, 3.05) is 19.7 Å². The third-order valence-corrected chi connectivity index (χ3v) is 3.98. The van der Waals surface area contributed by atoms with Crippen LogP contribution in [0.25, 0.3) is 5.69 Å². The van der Waals surface area contributed by atoms with Crippen molar-refractivity contribution in [1.29, 1.82) is 0 Å². The van der Waals surface area contributed by atoms with Crippen LogP contribution < -0.4 is 5.32 Å².